The number of nitrogens with zero attached hydrogens (tertiary/aromatic N) is 5. The van der Waals surface area contributed by atoms with Crippen LogP contribution in [0.2, 0.25) is 0 Å². The van der Waals surface area contributed by atoms with E-state index in [0.29, 0.717) is 18.4 Å². The largest absolute Gasteiger partial charge is 0.467 e. The molecule has 2 heterocycles. The predicted octanol–water partition coefficient (Wildman–Crippen LogP) is 0.267. The molecule has 96 valence electrons. The smallest absolute Gasteiger partial charge is 0.322 e. The number of nitrogens with one attached hydrogen (secondary N) is 2. The van der Waals surface area contributed by atoms with Crippen molar-refractivity contribution in [1.82, 2.24) is 24.7 Å². The summed E-state index contributed by atoms with van der Waals surface area (Å²) in [5.41, 5.74) is 1.03. The summed E-state index contributed by atoms with van der Waals surface area (Å²) in [5.74, 6) is 0.904. The maximum atomic E-state index is 5.00. The number of ether oxygens (including phenoxy) is 1. The van der Waals surface area contributed by atoms with E-state index in [2.05, 4.69) is 30.7 Å². The predicted molar refractivity (Wildman–Crippen MR) is 66.5 cm³/mol. The van der Waals surface area contributed by atoms with Crippen LogP contribution in [0.15, 0.2) is 12.3 Å². The molecule has 0 aliphatic heterocycles. The highest BCUT2D eigenvalue weighted by molar-refractivity contribution is 5.35. The molecule has 0 unspecified atom stereocenters. The summed E-state index contributed by atoms with van der Waals surface area (Å²) in [6, 6.07) is 2.19. The summed E-state index contributed by atoms with van der Waals surface area (Å²) in [4.78, 5) is 12.3. The van der Waals surface area contributed by atoms with E-state index in [-0.39, 0.29) is 6.01 Å². The average Bonchev–Trinajstić information content (AvgIpc) is 2.81. The van der Waals surface area contributed by atoms with Crippen LogP contribution in [-0.2, 0) is 13.6 Å². The van der Waals surface area contributed by atoms with Gasteiger partial charge in [-0.1, -0.05) is 0 Å². The van der Waals surface area contributed by atoms with Gasteiger partial charge in [-0.15, -0.1) is 0 Å². The van der Waals surface area contributed by atoms with Gasteiger partial charge >= 0.3 is 6.01 Å². The van der Waals surface area contributed by atoms with Crippen molar-refractivity contribution in [3.8, 4) is 6.01 Å². The third kappa shape index (κ3) is 2.65. The first-order valence-corrected chi connectivity index (χ1v) is 5.41. The number of aromatic nitrogens is 5. The lowest BCUT2D eigenvalue weighted by atomic mass is 10.4. The Balaban J connectivity index is 2.11. The summed E-state index contributed by atoms with van der Waals surface area (Å²) in [6.07, 6.45) is 1.74. The number of hydrogen-bond acceptors (Lipinski definition) is 7. The van der Waals surface area contributed by atoms with Gasteiger partial charge < -0.3 is 15.4 Å². The van der Waals surface area contributed by atoms with E-state index in [1.54, 1.807) is 17.9 Å². The van der Waals surface area contributed by atoms with Crippen LogP contribution >= 0.6 is 0 Å². The Hall–Kier alpha value is -2.38. The van der Waals surface area contributed by atoms with Crippen LogP contribution in [0.1, 0.15) is 5.69 Å². The van der Waals surface area contributed by atoms with Crippen molar-refractivity contribution in [3.05, 3.63) is 18.0 Å². The zero-order valence-corrected chi connectivity index (χ0v) is 10.5. The van der Waals surface area contributed by atoms with Gasteiger partial charge in [0.15, 0.2) is 0 Å². The molecule has 0 aliphatic rings. The Labute approximate surface area is 104 Å². The van der Waals surface area contributed by atoms with Crippen LogP contribution in [0, 0.1) is 0 Å². The molecule has 2 aromatic rings. The molecule has 0 aromatic carbocycles. The quantitative estimate of drug-likeness (QED) is 0.785. The fourth-order valence-electron chi connectivity index (χ4n) is 1.38. The van der Waals surface area contributed by atoms with E-state index in [4.69, 9.17) is 4.74 Å². The van der Waals surface area contributed by atoms with E-state index >= 15 is 0 Å². The molecule has 0 bridgehead atoms. The zero-order chi connectivity index (χ0) is 13.0. The van der Waals surface area contributed by atoms with Gasteiger partial charge in [0.1, 0.15) is 0 Å². The Morgan fingerprint density at radius 2 is 2.06 bits per heavy atom. The van der Waals surface area contributed by atoms with Crippen molar-refractivity contribution < 1.29 is 4.74 Å². The summed E-state index contributed by atoms with van der Waals surface area (Å²) in [7, 11) is 5.13. The van der Waals surface area contributed by atoms with Crippen LogP contribution in [0.25, 0.3) is 0 Å². The summed E-state index contributed by atoms with van der Waals surface area (Å²) in [5, 5.41) is 10.0. The molecular formula is C10H15N7O. The highest BCUT2D eigenvalue weighted by Gasteiger charge is 2.06. The lowest BCUT2D eigenvalue weighted by Gasteiger charge is -2.07. The van der Waals surface area contributed by atoms with Crippen LogP contribution in [0.5, 0.6) is 6.01 Å². The molecule has 8 heteroatoms. The Morgan fingerprint density at radius 3 is 2.67 bits per heavy atom. The van der Waals surface area contributed by atoms with Crippen LogP contribution in [0.4, 0.5) is 11.9 Å². The van der Waals surface area contributed by atoms with E-state index in [1.807, 2.05) is 13.1 Å². The van der Waals surface area contributed by atoms with Gasteiger partial charge in [0.2, 0.25) is 11.9 Å². The minimum atomic E-state index is 0.266. The average molecular weight is 249 g/mol. The zero-order valence-electron chi connectivity index (χ0n) is 10.5. The van der Waals surface area contributed by atoms with Crippen molar-refractivity contribution in [2.24, 2.45) is 7.05 Å². The molecule has 2 aromatic heterocycles. The van der Waals surface area contributed by atoms with Gasteiger partial charge in [-0.05, 0) is 6.07 Å². The highest BCUT2D eigenvalue weighted by Crippen LogP contribution is 2.11. The number of rotatable bonds is 5. The molecule has 2 N–H and O–H groups in total. The molecule has 0 amide bonds. The van der Waals surface area contributed by atoms with Gasteiger partial charge in [0, 0.05) is 20.3 Å². The minimum Gasteiger partial charge on any atom is -0.467 e. The number of aryl methyl sites for hydroxylation is 1. The SMILES string of the molecule is CNc1nc(NCc2ccnn2C)nc(OC)n1. The van der Waals surface area contributed by atoms with Crippen molar-refractivity contribution in [3.63, 3.8) is 0 Å². The number of methoxy groups -OCH3 is 1. The second kappa shape index (κ2) is 5.30. The molecule has 0 fully saturated rings. The standard InChI is InChI=1S/C10H15N7O/c1-11-8-14-9(16-10(15-8)18-3)12-6-7-4-5-13-17(7)2/h4-5H,6H2,1-3H3,(H2,11,12,14,15,16). The van der Waals surface area contributed by atoms with Gasteiger partial charge in [0.25, 0.3) is 0 Å². The molecule has 18 heavy (non-hydrogen) atoms. The fourth-order valence-corrected chi connectivity index (χ4v) is 1.38. The third-order valence-corrected chi connectivity index (χ3v) is 2.37. The summed E-state index contributed by atoms with van der Waals surface area (Å²) in [6.45, 7) is 0.576. The monoisotopic (exact) mass is 249 g/mol. The molecule has 8 nitrogen and oxygen atoms in total. The molecule has 0 aliphatic carbocycles. The Kier molecular flexibility index (Phi) is 3.56. The molecule has 0 spiro atoms. The number of anilines is 2. The topological polar surface area (TPSA) is 89.8 Å². The van der Waals surface area contributed by atoms with E-state index in [0.717, 1.165) is 5.69 Å². The van der Waals surface area contributed by atoms with E-state index in [9.17, 15) is 0 Å². The van der Waals surface area contributed by atoms with Crippen LogP contribution < -0.4 is 15.4 Å². The van der Waals surface area contributed by atoms with Gasteiger partial charge in [-0.2, -0.15) is 20.1 Å². The Bertz CT molecular complexity index is 502. The number of hydrogen-bond donors (Lipinski definition) is 2. The molecule has 2 rings (SSSR count). The lowest BCUT2D eigenvalue weighted by molar-refractivity contribution is 0.379. The van der Waals surface area contributed by atoms with Gasteiger partial charge in [-0.25, -0.2) is 0 Å². The molecule has 0 saturated carbocycles. The summed E-state index contributed by atoms with van der Waals surface area (Å²) >= 11 is 0. The van der Waals surface area contributed by atoms with Gasteiger partial charge in [0.05, 0.1) is 19.3 Å². The van der Waals surface area contributed by atoms with E-state index in [1.165, 1.54) is 7.11 Å². The second-order valence-electron chi connectivity index (χ2n) is 3.52. The van der Waals surface area contributed by atoms with Gasteiger partial charge in [-0.3, -0.25) is 4.68 Å². The van der Waals surface area contributed by atoms with Crippen LogP contribution in [0.3, 0.4) is 0 Å². The minimum absolute atomic E-state index is 0.266. The first-order valence-electron chi connectivity index (χ1n) is 5.41. The molecule has 0 radical (unpaired) electrons. The fraction of sp³-hybridized carbons (Fsp3) is 0.400. The van der Waals surface area contributed by atoms with Crippen LogP contribution in [-0.4, -0.2) is 38.9 Å². The maximum absolute atomic E-state index is 5.00. The molecular weight excluding hydrogens is 234 g/mol. The van der Waals surface area contributed by atoms with Crippen molar-refractivity contribution in [2.45, 2.75) is 6.54 Å². The van der Waals surface area contributed by atoms with Crippen molar-refractivity contribution in [1.29, 1.82) is 0 Å². The molecule has 0 atom stereocenters. The summed E-state index contributed by atoms with van der Waals surface area (Å²) < 4.78 is 6.78. The van der Waals surface area contributed by atoms with Crippen molar-refractivity contribution in [2.75, 3.05) is 24.8 Å². The van der Waals surface area contributed by atoms with E-state index < -0.39 is 0 Å². The normalized spacial score (nSPS) is 10.2. The van der Waals surface area contributed by atoms with Crippen molar-refractivity contribution >= 4 is 11.9 Å². The second-order valence-corrected chi connectivity index (χ2v) is 3.52. The first kappa shape index (κ1) is 12.1. The first-order chi connectivity index (χ1) is 8.72. The highest BCUT2D eigenvalue weighted by atomic mass is 16.5. The Morgan fingerprint density at radius 1 is 1.28 bits per heavy atom. The molecule has 0 saturated heterocycles. The lowest BCUT2D eigenvalue weighted by Crippen LogP contribution is -2.10. The maximum Gasteiger partial charge on any atom is 0.322 e. The third-order valence-electron chi connectivity index (χ3n) is 2.37.